The van der Waals surface area contributed by atoms with Crippen molar-refractivity contribution in [1.29, 1.82) is 0 Å². The minimum absolute atomic E-state index is 0.209. The van der Waals surface area contributed by atoms with Gasteiger partial charge in [0.1, 0.15) is 11.6 Å². The third-order valence-corrected chi connectivity index (χ3v) is 4.84. The van der Waals surface area contributed by atoms with Crippen molar-refractivity contribution in [2.45, 2.75) is 6.18 Å². The van der Waals surface area contributed by atoms with Crippen LogP contribution in [0.5, 0.6) is 0 Å². The summed E-state index contributed by atoms with van der Waals surface area (Å²) in [5.41, 5.74) is -2.30. The van der Waals surface area contributed by atoms with Gasteiger partial charge in [0.05, 0.1) is 22.5 Å². The highest BCUT2D eigenvalue weighted by atomic mass is 19.4. The molecule has 0 atom stereocenters. The SMILES string of the molecule is O=C(Nc1ccc(NC(=O)c2ccccc2F)cc1C(F)(F)F)c1ccn(-c2cccc(F)c2)n1. The number of hydrogen-bond acceptors (Lipinski definition) is 3. The van der Waals surface area contributed by atoms with Crippen LogP contribution < -0.4 is 10.6 Å². The lowest BCUT2D eigenvalue weighted by atomic mass is 10.1. The number of halogens is 5. The summed E-state index contributed by atoms with van der Waals surface area (Å²) >= 11 is 0. The third kappa shape index (κ3) is 5.35. The first kappa shape index (κ1) is 23.6. The fourth-order valence-electron chi connectivity index (χ4n) is 3.20. The molecule has 0 saturated carbocycles. The molecule has 178 valence electrons. The van der Waals surface area contributed by atoms with Crippen LogP contribution in [0.25, 0.3) is 5.69 Å². The lowest BCUT2D eigenvalue weighted by molar-refractivity contribution is -0.136. The van der Waals surface area contributed by atoms with Gasteiger partial charge in [-0.05, 0) is 54.6 Å². The summed E-state index contributed by atoms with van der Waals surface area (Å²) in [5, 5.41) is 8.33. The number of nitrogens with zero attached hydrogens (tertiary/aromatic N) is 2. The summed E-state index contributed by atoms with van der Waals surface area (Å²) < 4.78 is 69.5. The van der Waals surface area contributed by atoms with Crippen LogP contribution in [0.2, 0.25) is 0 Å². The molecule has 35 heavy (non-hydrogen) atoms. The highest BCUT2D eigenvalue weighted by Gasteiger charge is 2.34. The topological polar surface area (TPSA) is 76.0 Å². The largest absolute Gasteiger partial charge is 0.418 e. The van der Waals surface area contributed by atoms with Crippen LogP contribution in [-0.2, 0) is 6.18 Å². The van der Waals surface area contributed by atoms with E-state index in [0.717, 1.165) is 18.2 Å². The Morgan fingerprint density at radius 3 is 2.31 bits per heavy atom. The van der Waals surface area contributed by atoms with Crippen molar-refractivity contribution < 1.29 is 31.5 Å². The molecular weight excluding hydrogens is 471 g/mol. The van der Waals surface area contributed by atoms with Crippen molar-refractivity contribution in [3.05, 3.63) is 107 Å². The molecule has 4 rings (SSSR count). The van der Waals surface area contributed by atoms with Gasteiger partial charge in [0.15, 0.2) is 5.69 Å². The molecule has 4 aromatic rings. The van der Waals surface area contributed by atoms with Crippen LogP contribution in [0.3, 0.4) is 0 Å². The minimum Gasteiger partial charge on any atom is -0.322 e. The Morgan fingerprint density at radius 2 is 1.60 bits per heavy atom. The van der Waals surface area contributed by atoms with E-state index in [1.165, 1.54) is 59.4 Å². The second-order valence-corrected chi connectivity index (χ2v) is 7.27. The van der Waals surface area contributed by atoms with Gasteiger partial charge in [0.2, 0.25) is 0 Å². The number of anilines is 2. The Balaban J connectivity index is 1.56. The molecule has 3 aromatic carbocycles. The van der Waals surface area contributed by atoms with Crippen LogP contribution >= 0.6 is 0 Å². The normalized spacial score (nSPS) is 11.2. The highest BCUT2D eigenvalue weighted by molar-refractivity contribution is 6.05. The average molecular weight is 486 g/mol. The average Bonchev–Trinajstić information content (AvgIpc) is 3.30. The third-order valence-electron chi connectivity index (χ3n) is 4.84. The fourth-order valence-corrected chi connectivity index (χ4v) is 3.20. The summed E-state index contributed by atoms with van der Waals surface area (Å²) in [5.74, 6) is -3.23. The molecule has 1 heterocycles. The van der Waals surface area contributed by atoms with E-state index >= 15 is 0 Å². The van der Waals surface area contributed by atoms with Gasteiger partial charge in [-0.2, -0.15) is 18.3 Å². The molecule has 0 aliphatic rings. The lowest BCUT2D eigenvalue weighted by Crippen LogP contribution is -2.19. The van der Waals surface area contributed by atoms with Crippen LogP contribution in [0.1, 0.15) is 26.4 Å². The Labute approximate surface area is 195 Å². The van der Waals surface area contributed by atoms with E-state index in [4.69, 9.17) is 0 Å². The first-order valence-electron chi connectivity index (χ1n) is 10.0. The van der Waals surface area contributed by atoms with Crippen molar-refractivity contribution in [1.82, 2.24) is 9.78 Å². The lowest BCUT2D eigenvalue weighted by Gasteiger charge is -2.15. The van der Waals surface area contributed by atoms with E-state index in [1.54, 1.807) is 0 Å². The molecule has 0 spiro atoms. The molecule has 0 fully saturated rings. The first-order chi connectivity index (χ1) is 16.6. The fraction of sp³-hybridized carbons (Fsp3) is 0.0417. The van der Waals surface area contributed by atoms with Crippen LogP contribution in [0.4, 0.5) is 33.3 Å². The van der Waals surface area contributed by atoms with Gasteiger partial charge in [-0.3, -0.25) is 9.59 Å². The number of rotatable bonds is 5. The molecule has 2 N–H and O–H groups in total. The van der Waals surface area contributed by atoms with E-state index in [0.29, 0.717) is 11.8 Å². The molecule has 11 heteroatoms. The quantitative estimate of drug-likeness (QED) is 0.357. The van der Waals surface area contributed by atoms with Crippen LogP contribution in [0, 0.1) is 11.6 Å². The van der Waals surface area contributed by atoms with E-state index in [-0.39, 0.29) is 16.9 Å². The van der Waals surface area contributed by atoms with Gasteiger partial charge < -0.3 is 10.6 Å². The molecule has 0 saturated heterocycles. The molecule has 1 aromatic heterocycles. The summed E-state index contributed by atoms with van der Waals surface area (Å²) in [6.07, 6.45) is -3.53. The smallest absolute Gasteiger partial charge is 0.322 e. The summed E-state index contributed by atoms with van der Waals surface area (Å²) in [6, 6.07) is 14.4. The maximum Gasteiger partial charge on any atom is 0.418 e. The monoisotopic (exact) mass is 486 g/mol. The van der Waals surface area contributed by atoms with Crippen molar-refractivity contribution in [2.24, 2.45) is 0 Å². The molecule has 0 radical (unpaired) electrons. The van der Waals surface area contributed by atoms with Crippen LogP contribution in [0.15, 0.2) is 79.0 Å². The van der Waals surface area contributed by atoms with Gasteiger partial charge in [-0.15, -0.1) is 0 Å². The number of aromatic nitrogens is 2. The molecule has 0 aliphatic heterocycles. The number of benzene rings is 3. The molecule has 0 aliphatic carbocycles. The summed E-state index contributed by atoms with van der Waals surface area (Å²) in [6.45, 7) is 0. The predicted octanol–water partition coefficient (Wildman–Crippen LogP) is 5.67. The van der Waals surface area contributed by atoms with E-state index < -0.39 is 40.9 Å². The standard InChI is InChI=1S/C24H15F5N4O2/c25-14-4-3-5-16(12-14)33-11-10-21(32-33)23(35)31-20-9-8-15(13-18(20)24(27,28)29)30-22(34)17-6-1-2-7-19(17)26/h1-13H,(H,30,34)(H,31,35). The number of hydrogen-bond donors (Lipinski definition) is 2. The number of amides is 2. The maximum absolute atomic E-state index is 13.8. The minimum atomic E-state index is -4.89. The predicted molar refractivity (Wildman–Crippen MR) is 117 cm³/mol. The number of nitrogens with one attached hydrogen (secondary N) is 2. The van der Waals surface area contributed by atoms with Gasteiger partial charge >= 0.3 is 6.18 Å². The van der Waals surface area contributed by atoms with Crippen molar-refractivity contribution in [2.75, 3.05) is 10.6 Å². The number of carbonyl (C=O) groups excluding carboxylic acids is 2. The zero-order valence-corrected chi connectivity index (χ0v) is 17.6. The number of alkyl halides is 3. The second-order valence-electron chi connectivity index (χ2n) is 7.27. The Morgan fingerprint density at radius 1 is 0.829 bits per heavy atom. The first-order valence-corrected chi connectivity index (χ1v) is 10.0. The zero-order chi connectivity index (χ0) is 25.2. The van der Waals surface area contributed by atoms with Gasteiger partial charge in [-0.1, -0.05) is 18.2 Å². The zero-order valence-electron chi connectivity index (χ0n) is 17.6. The Hall–Kier alpha value is -4.54. The van der Waals surface area contributed by atoms with E-state index in [2.05, 4.69) is 15.7 Å². The van der Waals surface area contributed by atoms with Crippen molar-refractivity contribution in [3.8, 4) is 5.69 Å². The van der Waals surface area contributed by atoms with Crippen molar-refractivity contribution >= 4 is 23.2 Å². The highest BCUT2D eigenvalue weighted by Crippen LogP contribution is 2.37. The summed E-state index contributed by atoms with van der Waals surface area (Å²) in [4.78, 5) is 24.8. The van der Waals surface area contributed by atoms with Crippen LogP contribution in [-0.4, -0.2) is 21.6 Å². The molecule has 0 bridgehead atoms. The summed E-state index contributed by atoms with van der Waals surface area (Å²) in [7, 11) is 0. The van der Waals surface area contributed by atoms with Gasteiger partial charge in [0, 0.05) is 11.9 Å². The second kappa shape index (κ2) is 9.37. The Kier molecular flexibility index (Phi) is 6.32. The van der Waals surface area contributed by atoms with Gasteiger partial charge in [0.25, 0.3) is 11.8 Å². The molecule has 0 unspecified atom stereocenters. The van der Waals surface area contributed by atoms with E-state index in [1.807, 2.05) is 0 Å². The van der Waals surface area contributed by atoms with Gasteiger partial charge in [-0.25, -0.2) is 13.5 Å². The number of carbonyl (C=O) groups is 2. The molecule has 2 amide bonds. The Bertz CT molecular complexity index is 1420. The maximum atomic E-state index is 13.8. The molecule has 6 nitrogen and oxygen atoms in total. The van der Waals surface area contributed by atoms with Crippen molar-refractivity contribution in [3.63, 3.8) is 0 Å². The van der Waals surface area contributed by atoms with E-state index in [9.17, 15) is 31.5 Å². The molecular formula is C24H15F5N4O2.